The molecule has 3 N–H and O–H groups in total. The van der Waals surface area contributed by atoms with E-state index in [2.05, 4.69) is 16.0 Å². The van der Waals surface area contributed by atoms with Gasteiger partial charge in [0, 0.05) is 31.7 Å². The van der Waals surface area contributed by atoms with Crippen LogP contribution in [0.5, 0.6) is 0 Å². The summed E-state index contributed by atoms with van der Waals surface area (Å²) in [5.41, 5.74) is 2.32. The minimum absolute atomic E-state index is 0.133. The van der Waals surface area contributed by atoms with Gasteiger partial charge < -0.3 is 35.2 Å². The lowest BCUT2D eigenvalue weighted by molar-refractivity contribution is -0.162. The Morgan fingerprint density at radius 3 is 2.27 bits per heavy atom. The fourth-order valence-electron chi connectivity index (χ4n) is 7.82. The predicted molar refractivity (Wildman–Crippen MR) is 212 cm³/mol. The first-order valence-electron chi connectivity index (χ1n) is 20.2. The van der Waals surface area contributed by atoms with E-state index in [9.17, 15) is 24.0 Å². The van der Waals surface area contributed by atoms with Crippen LogP contribution in [0.25, 0.3) is 10.9 Å². The first-order valence-corrected chi connectivity index (χ1v) is 20.2. The first-order chi connectivity index (χ1) is 27.1. The van der Waals surface area contributed by atoms with Crippen molar-refractivity contribution in [2.45, 2.75) is 128 Å². The van der Waals surface area contributed by atoms with Gasteiger partial charge in [-0.1, -0.05) is 88.6 Å². The van der Waals surface area contributed by atoms with Crippen LogP contribution < -0.4 is 20.8 Å². The first kappa shape index (κ1) is 42.2. The van der Waals surface area contributed by atoms with E-state index in [1.165, 1.54) is 7.11 Å². The number of carbonyl (C=O) groups excluding carboxylic acids is 5. The van der Waals surface area contributed by atoms with Gasteiger partial charge in [0.2, 0.25) is 23.6 Å². The van der Waals surface area contributed by atoms with Crippen LogP contribution in [0.4, 0.5) is 0 Å². The van der Waals surface area contributed by atoms with E-state index in [4.69, 9.17) is 14.3 Å². The van der Waals surface area contributed by atoms with Crippen LogP contribution in [0.15, 0.2) is 60.8 Å². The number of ether oxygens (including phenoxy) is 2. The van der Waals surface area contributed by atoms with Gasteiger partial charge in [0.25, 0.3) is 0 Å². The highest BCUT2D eigenvalue weighted by atomic mass is 16.6. The number of benzene rings is 2. The second-order valence-electron chi connectivity index (χ2n) is 15.1. The molecule has 13 nitrogen and oxygen atoms in total. The minimum Gasteiger partial charge on any atom is -0.460 e. The summed E-state index contributed by atoms with van der Waals surface area (Å²) in [4.78, 5) is 76.8. The zero-order valence-electron chi connectivity index (χ0n) is 33.5. The molecule has 0 aliphatic carbocycles. The zero-order chi connectivity index (χ0) is 40.2. The molecule has 2 fully saturated rings. The molecule has 56 heavy (non-hydrogen) atoms. The highest BCUT2D eigenvalue weighted by Crippen LogP contribution is 2.25. The van der Waals surface area contributed by atoms with Crippen molar-refractivity contribution in [2.75, 3.05) is 20.8 Å². The number of rotatable bonds is 16. The summed E-state index contributed by atoms with van der Waals surface area (Å²) >= 11 is 0. The number of carbonyl (C=O) groups is 5. The van der Waals surface area contributed by atoms with Crippen molar-refractivity contribution in [1.29, 1.82) is 0 Å². The summed E-state index contributed by atoms with van der Waals surface area (Å²) in [5.74, 6) is -2.21. The lowest BCUT2D eigenvalue weighted by Gasteiger charge is -2.39. The monoisotopic (exact) mass is 773 g/mol. The third-order valence-electron chi connectivity index (χ3n) is 11.3. The summed E-state index contributed by atoms with van der Waals surface area (Å²) in [6.45, 7) is 6.24. The van der Waals surface area contributed by atoms with Crippen LogP contribution in [0.2, 0.25) is 0 Å². The van der Waals surface area contributed by atoms with E-state index in [0.29, 0.717) is 51.5 Å². The minimum atomic E-state index is -1.04. The third-order valence-corrected chi connectivity index (χ3v) is 11.3. The van der Waals surface area contributed by atoms with Gasteiger partial charge in [-0.05, 0) is 68.1 Å². The third kappa shape index (κ3) is 10.3. The number of piperidine rings is 1. The second kappa shape index (κ2) is 20.3. The number of esters is 1. The molecule has 2 aliphatic heterocycles. The number of unbranched alkanes of at least 4 members (excludes halogenated alkanes) is 2. The van der Waals surface area contributed by atoms with Gasteiger partial charge in [0.1, 0.15) is 37.4 Å². The van der Waals surface area contributed by atoms with Crippen LogP contribution >= 0.6 is 0 Å². The number of para-hydroxylation sites is 1. The summed E-state index contributed by atoms with van der Waals surface area (Å²) < 4.78 is 12.9. The van der Waals surface area contributed by atoms with Crippen molar-refractivity contribution in [3.05, 3.63) is 71.9 Å². The molecular weight excluding hydrogens is 715 g/mol. The number of aromatic nitrogens is 1. The van der Waals surface area contributed by atoms with Crippen LogP contribution in [0.3, 0.4) is 0 Å². The molecule has 304 valence electrons. The largest absolute Gasteiger partial charge is 0.460 e. The van der Waals surface area contributed by atoms with E-state index < -0.39 is 48.1 Å². The van der Waals surface area contributed by atoms with Crippen LogP contribution in [-0.4, -0.2) is 90.3 Å². The van der Waals surface area contributed by atoms with Gasteiger partial charge in [-0.2, -0.15) is 4.73 Å². The Morgan fingerprint density at radius 2 is 1.55 bits per heavy atom. The molecule has 5 rings (SSSR count). The lowest BCUT2D eigenvalue weighted by Crippen LogP contribution is -2.64. The van der Waals surface area contributed by atoms with Gasteiger partial charge in [-0.3, -0.25) is 19.2 Å². The van der Waals surface area contributed by atoms with Crippen molar-refractivity contribution in [1.82, 2.24) is 25.6 Å². The number of nitrogens with zero attached hydrogens (tertiary/aromatic N) is 2. The van der Waals surface area contributed by atoms with Gasteiger partial charge in [-0.15, -0.1) is 0 Å². The van der Waals surface area contributed by atoms with Gasteiger partial charge in [-0.25, -0.2) is 4.79 Å². The normalized spacial score (nSPS) is 22.4. The number of fused-ring (bicyclic) bond motifs is 2. The molecule has 2 aliphatic rings. The van der Waals surface area contributed by atoms with Crippen molar-refractivity contribution < 1.29 is 38.3 Å². The highest BCUT2D eigenvalue weighted by Gasteiger charge is 2.41. The molecule has 1 aromatic heterocycles. The average Bonchev–Trinajstić information content (AvgIpc) is 3.58. The fourth-order valence-corrected chi connectivity index (χ4v) is 7.82. The smallest absolute Gasteiger partial charge is 0.340 e. The summed E-state index contributed by atoms with van der Waals surface area (Å²) in [7, 11) is 3.04. The lowest BCUT2D eigenvalue weighted by atomic mass is 9.93. The Morgan fingerprint density at radius 1 is 0.839 bits per heavy atom. The van der Waals surface area contributed by atoms with E-state index in [1.807, 2.05) is 75.4 Å². The summed E-state index contributed by atoms with van der Waals surface area (Å²) in [5, 5.41) is 9.84. The van der Waals surface area contributed by atoms with Gasteiger partial charge in [0.05, 0.1) is 5.52 Å². The molecule has 0 radical (unpaired) electrons. The zero-order valence-corrected chi connectivity index (χ0v) is 33.5. The number of hydrogen-bond acceptors (Lipinski definition) is 8. The predicted octanol–water partition coefficient (Wildman–Crippen LogP) is 4.80. The molecule has 4 amide bonds. The number of hydrogen-bond donors (Lipinski definition) is 3. The van der Waals surface area contributed by atoms with Crippen molar-refractivity contribution in [3.63, 3.8) is 0 Å². The van der Waals surface area contributed by atoms with E-state index >= 15 is 0 Å². The van der Waals surface area contributed by atoms with Crippen molar-refractivity contribution in [3.8, 4) is 0 Å². The molecular formula is C43H59N5O8. The Labute approximate surface area is 330 Å². The molecule has 2 saturated heterocycles. The number of amides is 4. The Bertz CT molecular complexity index is 1800. The van der Waals surface area contributed by atoms with E-state index in [0.717, 1.165) is 41.3 Å². The Balaban J connectivity index is 1.32. The Hall–Kier alpha value is -4.91. The average molecular weight is 774 g/mol. The quantitative estimate of drug-likeness (QED) is 0.139. The Kier molecular flexibility index (Phi) is 15.3. The molecule has 0 unspecified atom stereocenters. The van der Waals surface area contributed by atoms with E-state index in [-0.39, 0.29) is 30.3 Å². The molecule has 3 heterocycles. The maximum atomic E-state index is 14.2. The summed E-state index contributed by atoms with van der Waals surface area (Å²) in [6, 6.07) is 13.3. The molecule has 0 bridgehead atoms. The van der Waals surface area contributed by atoms with E-state index in [1.54, 1.807) is 22.9 Å². The second-order valence-corrected chi connectivity index (χ2v) is 15.1. The molecule has 3 aromatic rings. The van der Waals surface area contributed by atoms with Gasteiger partial charge in [0.15, 0.2) is 6.10 Å². The van der Waals surface area contributed by atoms with Crippen LogP contribution in [0.1, 0.15) is 102 Å². The number of methoxy groups -OCH3 is 1. The van der Waals surface area contributed by atoms with Crippen LogP contribution in [0, 0.1) is 5.92 Å². The van der Waals surface area contributed by atoms with Crippen molar-refractivity contribution >= 4 is 40.5 Å². The maximum absolute atomic E-state index is 14.2. The molecule has 7 atom stereocenters. The maximum Gasteiger partial charge on any atom is 0.340 e. The topological polar surface area (TPSA) is 157 Å². The highest BCUT2D eigenvalue weighted by molar-refractivity contribution is 5.98. The molecule has 0 spiro atoms. The number of nitrogens with one attached hydrogen (secondary N) is 3. The molecule has 2 aromatic carbocycles. The molecule has 0 saturated carbocycles. The van der Waals surface area contributed by atoms with Gasteiger partial charge >= 0.3 is 5.97 Å². The van der Waals surface area contributed by atoms with Crippen LogP contribution in [-0.2, 0) is 39.9 Å². The summed E-state index contributed by atoms with van der Waals surface area (Å²) in [6.07, 6.45) is 7.07. The van der Waals surface area contributed by atoms with Crippen molar-refractivity contribution in [2.24, 2.45) is 5.92 Å². The standard InChI is InChI=1S/C43H59N5O8/c1-6-28(3)37-42(52)47-25-17-16-24-36(47)41(51)44-33(22-13-9-12-20-31(7-2)56-43(53)38(54-4)29-18-10-8-11-19-29)39(49)45-34(40(50)46-37)26-30-27-48(55-5)35-23-15-14-21-32(30)35/h8,10-11,14-15,18-19,21,23,27-28,31,33-34,36-38H,6-7,9,12-13,16-17,20,22,24-26H2,1-5H3,(H,44,51)(H,45,49)(H,46,50)/t28-,31+,33-,34-,36+,37-,38+/m0/s1. The SMILES string of the molecule is CC[C@H](CCCCC[C@@H]1NC(=O)[C@H]2CCCCN2C(=O)[C@H]([C@@H](C)CC)NC(=O)[C@H](Cc2cn(OC)c3ccccc23)NC1=O)OC(=O)[C@H](OC)c1ccccc1. The fraction of sp³-hybridized carbons (Fsp3) is 0.558. The molecule has 13 heteroatoms.